The standard InChI is InChI=1S/C15H14NO4/c17-15(10-12-6-2-1-3-7-12)20-11-13-8-4-5-9-14(13)16(18)19/h1-9,18H,10-11H2/q-1. The molecule has 0 unspecified atom stereocenters. The number of carbonyl (C=O) groups excluding carboxylic acids is 1. The molecule has 0 saturated carbocycles. The average Bonchev–Trinajstić information content (AvgIpc) is 2.46. The molecule has 104 valence electrons. The van der Waals surface area contributed by atoms with E-state index in [9.17, 15) is 10.0 Å². The zero-order valence-corrected chi connectivity index (χ0v) is 10.7. The Bertz CT molecular complexity index is 569. The van der Waals surface area contributed by atoms with Crippen LogP contribution in [-0.4, -0.2) is 11.2 Å². The highest BCUT2D eigenvalue weighted by atomic mass is 16.8. The summed E-state index contributed by atoms with van der Waals surface area (Å²) >= 11 is 0. The van der Waals surface area contributed by atoms with E-state index in [1.807, 2.05) is 30.3 Å². The van der Waals surface area contributed by atoms with E-state index in [1.54, 1.807) is 18.2 Å². The number of nitrogens with zero attached hydrogens (tertiary/aromatic N) is 1. The molecule has 0 aliphatic heterocycles. The summed E-state index contributed by atoms with van der Waals surface area (Å²) in [6.45, 7) is -0.0544. The molecular formula is C15H14NO4-. The van der Waals surface area contributed by atoms with E-state index < -0.39 is 0 Å². The second kappa shape index (κ2) is 6.70. The second-order valence-electron chi connectivity index (χ2n) is 4.22. The number of anilines is 1. The minimum Gasteiger partial charge on any atom is -0.733 e. The summed E-state index contributed by atoms with van der Waals surface area (Å²) < 4.78 is 5.11. The van der Waals surface area contributed by atoms with Crippen molar-refractivity contribution in [2.75, 3.05) is 5.23 Å². The second-order valence-corrected chi connectivity index (χ2v) is 4.22. The number of rotatable bonds is 5. The normalized spacial score (nSPS) is 10.1. The molecule has 20 heavy (non-hydrogen) atoms. The van der Waals surface area contributed by atoms with Gasteiger partial charge in [-0.05, 0) is 11.6 Å². The van der Waals surface area contributed by atoms with Gasteiger partial charge in [0.15, 0.2) is 0 Å². The molecule has 2 aromatic rings. The fourth-order valence-electron chi connectivity index (χ4n) is 1.79. The largest absolute Gasteiger partial charge is 0.733 e. The molecule has 2 rings (SSSR count). The third kappa shape index (κ3) is 3.81. The molecule has 0 aliphatic rings. The molecule has 0 aromatic heterocycles. The van der Waals surface area contributed by atoms with Crippen LogP contribution in [-0.2, 0) is 22.6 Å². The SMILES string of the molecule is O=C(Cc1ccccc1)OCc1ccccc1N([O-])O. The lowest BCUT2D eigenvalue weighted by atomic mass is 10.1. The van der Waals surface area contributed by atoms with Gasteiger partial charge < -0.3 is 15.2 Å². The summed E-state index contributed by atoms with van der Waals surface area (Å²) in [7, 11) is 0. The lowest BCUT2D eigenvalue weighted by molar-refractivity contribution is -0.144. The van der Waals surface area contributed by atoms with Crippen molar-refractivity contribution in [3.63, 3.8) is 0 Å². The molecule has 2 aromatic carbocycles. The van der Waals surface area contributed by atoms with Crippen LogP contribution in [0, 0.1) is 5.21 Å². The molecule has 0 saturated heterocycles. The molecular weight excluding hydrogens is 258 g/mol. The fourth-order valence-corrected chi connectivity index (χ4v) is 1.79. The quantitative estimate of drug-likeness (QED) is 0.669. The third-order valence-electron chi connectivity index (χ3n) is 2.78. The Labute approximate surface area is 116 Å². The van der Waals surface area contributed by atoms with Gasteiger partial charge in [-0.15, -0.1) is 0 Å². The van der Waals surface area contributed by atoms with Gasteiger partial charge in [0, 0.05) is 5.56 Å². The summed E-state index contributed by atoms with van der Waals surface area (Å²) in [4.78, 5) is 11.7. The highest BCUT2D eigenvalue weighted by Gasteiger charge is 2.07. The molecule has 5 nitrogen and oxygen atoms in total. The lowest BCUT2D eigenvalue weighted by Crippen LogP contribution is -2.12. The Kier molecular flexibility index (Phi) is 4.70. The van der Waals surface area contributed by atoms with Crippen LogP contribution in [0.15, 0.2) is 54.6 Å². The molecule has 1 N–H and O–H groups in total. The van der Waals surface area contributed by atoms with Crippen LogP contribution in [0.3, 0.4) is 0 Å². The van der Waals surface area contributed by atoms with Gasteiger partial charge in [0.25, 0.3) is 0 Å². The zero-order valence-electron chi connectivity index (χ0n) is 10.7. The first-order valence-corrected chi connectivity index (χ1v) is 6.10. The van der Waals surface area contributed by atoms with E-state index in [0.717, 1.165) is 5.56 Å². The summed E-state index contributed by atoms with van der Waals surface area (Å²) in [5.41, 5.74) is 1.38. The van der Waals surface area contributed by atoms with Crippen molar-refractivity contribution in [3.8, 4) is 0 Å². The van der Waals surface area contributed by atoms with Crippen molar-refractivity contribution in [1.29, 1.82) is 0 Å². The molecule has 0 aliphatic carbocycles. The topological polar surface area (TPSA) is 72.8 Å². The highest BCUT2D eigenvalue weighted by molar-refractivity contribution is 5.72. The fraction of sp³-hybridized carbons (Fsp3) is 0.133. The first kappa shape index (κ1) is 14.0. The van der Waals surface area contributed by atoms with Crippen molar-refractivity contribution in [2.45, 2.75) is 13.0 Å². The summed E-state index contributed by atoms with van der Waals surface area (Å²) in [6, 6.07) is 15.6. The molecule has 0 heterocycles. The van der Waals surface area contributed by atoms with Crippen LogP contribution in [0.2, 0.25) is 0 Å². The number of ether oxygens (including phenoxy) is 1. The van der Waals surface area contributed by atoms with Crippen LogP contribution in [0.4, 0.5) is 5.69 Å². The van der Waals surface area contributed by atoms with Gasteiger partial charge >= 0.3 is 5.97 Å². The maximum absolute atomic E-state index is 11.7. The summed E-state index contributed by atoms with van der Waals surface area (Å²) in [5.74, 6) is -0.388. The Morgan fingerprint density at radius 2 is 1.75 bits per heavy atom. The van der Waals surface area contributed by atoms with E-state index in [0.29, 0.717) is 5.56 Å². The Hall–Kier alpha value is -2.37. The number of benzene rings is 2. The van der Waals surface area contributed by atoms with Crippen LogP contribution in [0.25, 0.3) is 0 Å². The van der Waals surface area contributed by atoms with E-state index in [-0.39, 0.29) is 29.9 Å². The minimum atomic E-state index is -0.388. The molecule has 0 fully saturated rings. The van der Waals surface area contributed by atoms with Gasteiger partial charge in [-0.25, -0.2) is 0 Å². The van der Waals surface area contributed by atoms with Crippen molar-refractivity contribution in [2.24, 2.45) is 0 Å². The Morgan fingerprint density at radius 1 is 1.10 bits per heavy atom. The number of para-hydroxylation sites is 1. The number of hydrogen-bond acceptors (Lipinski definition) is 5. The average molecular weight is 272 g/mol. The number of esters is 1. The predicted octanol–water partition coefficient (Wildman–Crippen LogP) is 2.67. The van der Waals surface area contributed by atoms with Gasteiger partial charge in [-0.3, -0.25) is 10.0 Å². The van der Waals surface area contributed by atoms with Crippen molar-refractivity contribution in [1.82, 2.24) is 0 Å². The van der Waals surface area contributed by atoms with Gasteiger partial charge in [0.1, 0.15) is 6.61 Å². The molecule has 0 amide bonds. The first-order valence-electron chi connectivity index (χ1n) is 6.10. The van der Waals surface area contributed by atoms with Crippen LogP contribution in [0.5, 0.6) is 0 Å². The van der Waals surface area contributed by atoms with Crippen molar-refractivity contribution in [3.05, 3.63) is 70.9 Å². The van der Waals surface area contributed by atoms with E-state index in [1.165, 1.54) is 6.07 Å². The van der Waals surface area contributed by atoms with Crippen LogP contribution < -0.4 is 5.23 Å². The smallest absolute Gasteiger partial charge is 0.310 e. The van der Waals surface area contributed by atoms with Crippen molar-refractivity contribution < 1.29 is 14.7 Å². The number of carbonyl (C=O) groups is 1. The van der Waals surface area contributed by atoms with E-state index >= 15 is 0 Å². The maximum atomic E-state index is 11.7. The van der Waals surface area contributed by atoms with Gasteiger partial charge in [-0.2, -0.15) is 0 Å². The first-order chi connectivity index (χ1) is 9.66. The van der Waals surface area contributed by atoms with Crippen LogP contribution >= 0.6 is 0 Å². The number of hydrogen-bond donors (Lipinski definition) is 1. The summed E-state index contributed by atoms with van der Waals surface area (Å²) in [6.07, 6.45) is 0.170. The molecule has 0 atom stereocenters. The van der Waals surface area contributed by atoms with E-state index in [4.69, 9.17) is 9.94 Å². The third-order valence-corrected chi connectivity index (χ3v) is 2.78. The summed E-state index contributed by atoms with van der Waals surface area (Å²) in [5, 5.41) is 19.6. The predicted molar refractivity (Wildman–Crippen MR) is 74.0 cm³/mol. The van der Waals surface area contributed by atoms with Gasteiger partial charge in [0.2, 0.25) is 0 Å². The molecule has 0 radical (unpaired) electrons. The Balaban J connectivity index is 1.94. The molecule has 0 bridgehead atoms. The van der Waals surface area contributed by atoms with Crippen LogP contribution in [0.1, 0.15) is 11.1 Å². The molecule has 0 spiro atoms. The van der Waals surface area contributed by atoms with E-state index in [2.05, 4.69) is 0 Å². The zero-order chi connectivity index (χ0) is 14.4. The van der Waals surface area contributed by atoms with Crippen molar-refractivity contribution >= 4 is 11.7 Å². The lowest BCUT2D eigenvalue weighted by Gasteiger charge is -2.24. The maximum Gasteiger partial charge on any atom is 0.310 e. The monoisotopic (exact) mass is 272 g/mol. The van der Waals surface area contributed by atoms with Gasteiger partial charge in [-0.1, -0.05) is 48.5 Å². The molecule has 5 heteroatoms. The highest BCUT2D eigenvalue weighted by Crippen LogP contribution is 2.19. The Morgan fingerprint density at radius 3 is 2.45 bits per heavy atom. The minimum absolute atomic E-state index is 0.0544. The van der Waals surface area contributed by atoms with Gasteiger partial charge in [0.05, 0.1) is 12.1 Å².